The summed E-state index contributed by atoms with van der Waals surface area (Å²) in [7, 11) is 1.28. The number of ether oxygens (including phenoxy) is 3. The number of aliphatic hydroxyl groups excluding tert-OH is 1. The van der Waals surface area contributed by atoms with E-state index in [1.807, 2.05) is 67.6 Å². The molecule has 0 spiro atoms. The number of carbonyl (C=O) groups excluding carboxylic acids is 2. The number of anilines is 1. The van der Waals surface area contributed by atoms with Crippen molar-refractivity contribution in [3.63, 3.8) is 0 Å². The highest BCUT2D eigenvalue weighted by molar-refractivity contribution is 7.99. The van der Waals surface area contributed by atoms with Crippen LogP contribution in [0.2, 0.25) is 0 Å². The van der Waals surface area contributed by atoms with Crippen LogP contribution in [0.15, 0.2) is 108 Å². The zero-order chi connectivity index (χ0) is 34.0. The number of hydrogen-bond acceptors (Lipinski definition) is 8. The van der Waals surface area contributed by atoms with Gasteiger partial charge < -0.3 is 35.1 Å². The first-order valence-corrected chi connectivity index (χ1v) is 16.5. The van der Waals surface area contributed by atoms with E-state index in [1.165, 1.54) is 18.9 Å². The van der Waals surface area contributed by atoms with Crippen LogP contribution in [0.5, 0.6) is 0 Å². The lowest BCUT2D eigenvalue weighted by Crippen LogP contribution is -2.45. The predicted octanol–water partition coefficient (Wildman–Crippen LogP) is 6.37. The quantitative estimate of drug-likeness (QED) is 0.0999. The number of rotatable bonds is 12. The minimum Gasteiger partial charge on any atom is -0.478 e. The number of esters is 1. The number of carboxylic acid groups (broad SMARTS) is 1. The van der Waals surface area contributed by atoms with Gasteiger partial charge in [0.25, 0.3) is 0 Å². The van der Waals surface area contributed by atoms with E-state index in [1.54, 1.807) is 42.5 Å². The van der Waals surface area contributed by atoms with Gasteiger partial charge in [-0.25, -0.2) is 14.4 Å². The lowest BCUT2D eigenvalue weighted by atomic mass is 9.91. The Balaban J connectivity index is 1.30. The van der Waals surface area contributed by atoms with Crippen molar-refractivity contribution in [3.05, 3.63) is 131 Å². The van der Waals surface area contributed by atoms with Crippen LogP contribution in [-0.2, 0) is 32.0 Å². The predicted molar refractivity (Wildman–Crippen MR) is 182 cm³/mol. The van der Waals surface area contributed by atoms with Gasteiger partial charge in [0.1, 0.15) is 6.04 Å². The van der Waals surface area contributed by atoms with Crippen molar-refractivity contribution in [2.24, 2.45) is 5.92 Å². The first-order valence-electron chi connectivity index (χ1n) is 15.5. The molecule has 0 unspecified atom stereocenters. The molecule has 1 aliphatic heterocycles. The number of urea groups is 1. The molecule has 4 aromatic carbocycles. The lowest BCUT2D eigenvalue weighted by Gasteiger charge is -2.41. The SMILES string of the molecule is COC(=O)[C@H](Cc1ccccc1)NC(=O)Nc1ccc([C@H]2O[C@@H](CSc3ccccc3C(=O)O)[C@@H](C)[C@@H](c3ccc(CO)cc3)O2)cc1. The average molecular weight is 671 g/mol. The van der Waals surface area contributed by atoms with Gasteiger partial charge in [-0.15, -0.1) is 11.8 Å². The van der Waals surface area contributed by atoms with Crippen molar-refractivity contribution in [3.8, 4) is 0 Å². The number of amides is 2. The second-order valence-corrected chi connectivity index (χ2v) is 12.5. The van der Waals surface area contributed by atoms with Crippen molar-refractivity contribution in [1.29, 1.82) is 0 Å². The molecule has 0 bridgehead atoms. The standard InChI is InChI=1S/C37H38N2O8S/c1-23-31(22-48-32-11-7-6-10-29(32)34(41)42)46-36(47-33(23)26-14-12-25(21-40)13-15-26)27-16-18-28(19-17-27)38-37(44)39-30(35(43)45-2)20-24-8-4-3-5-9-24/h3-19,23,30-31,33,36,40H,20-22H2,1-2H3,(H,41,42)(H2,38,39,44)/t23-,30+,31+,33+,36+/m1/s1. The van der Waals surface area contributed by atoms with E-state index in [-0.39, 0.29) is 36.7 Å². The lowest BCUT2D eigenvalue weighted by molar-refractivity contribution is -0.268. The number of thioether (sulfide) groups is 1. The zero-order valence-corrected chi connectivity index (χ0v) is 27.4. The van der Waals surface area contributed by atoms with Gasteiger partial charge in [0.05, 0.1) is 31.5 Å². The molecule has 10 nitrogen and oxygen atoms in total. The topological polar surface area (TPSA) is 143 Å². The highest BCUT2D eigenvalue weighted by Gasteiger charge is 2.38. The van der Waals surface area contributed by atoms with Crippen LogP contribution in [0.25, 0.3) is 0 Å². The Morgan fingerprint density at radius 1 is 0.854 bits per heavy atom. The van der Waals surface area contributed by atoms with E-state index in [2.05, 4.69) is 10.6 Å². The van der Waals surface area contributed by atoms with E-state index in [9.17, 15) is 24.6 Å². The van der Waals surface area contributed by atoms with Crippen molar-refractivity contribution in [2.75, 3.05) is 18.2 Å². The van der Waals surface area contributed by atoms with E-state index >= 15 is 0 Å². The molecule has 1 fully saturated rings. The Morgan fingerprint density at radius 3 is 2.19 bits per heavy atom. The minimum atomic E-state index is -0.988. The van der Waals surface area contributed by atoms with E-state index in [0.717, 1.165) is 22.3 Å². The number of aromatic carboxylic acids is 1. The molecule has 11 heteroatoms. The van der Waals surface area contributed by atoms with Crippen molar-refractivity contribution >= 4 is 35.4 Å². The van der Waals surface area contributed by atoms with Gasteiger partial charge in [-0.2, -0.15) is 0 Å². The molecule has 1 saturated heterocycles. The van der Waals surface area contributed by atoms with Gasteiger partial charge >= 0.3 is 18.0 Å². The number of carboxylic acids is 1. The number of benzene rings is 4. The molecule has 0 aromatic heterocycles. The Morgan fingerprint density at radius 2 is 1.52 bits per heavy atom. The monoisotopic (exact) mass is 670 g/mol. The van der Waals surface area contributed by atoms with Gasteiger partial charge in [0.15, 0.2) is 6.29 Å². The van der Waals surface area contributed by atoms with E-state index in [0.29, 0.717) is 16.3 Å². The molecule has 1 aliphatic rings. The molecule has 0 saturated carbocycles. The first-order chi connectivity index (χ1) is 23.2. The van der Waals surface area contributed by atoms with Gasteiger partial charge in [-0.1, -0.05) is 85.8 Å². The maximum absolute atomic E-state index is 12.9. The molecule has 5 atom stereocenters. The fourth-order valence-electron chi connectivity index (χ4n) is 5.49. The number of nitrogens with one attached hydrogen (secondary N) is 2. The molecule has 4 aromatic rings. The van der Waals surface area contributed by atoms with Gasteiger partial charge in [0.2, 0.25) is 0 Å². The molecule has 0 aliphatic carbocycles. The van der Waals surface area contributed by atoms with Gasteiger partial charge in [-0.05, 0) is 41.0 Å². The summed E-state index contributed by atoms with van der Waals surface area (Å²) in [5, 5.41) is 24.7. The van der Waals surface area contributed by atoms with Crippen LogP contribution in [0.1, 0.15) is 51.9 Å². The number of aliphatic hydroxyl groups is 1. The number of carbonyl (C=O) groups is 3. The van der Waals surface area contributed by atoms with Crippen LogP contribution in [0.4, 0.5) is 10.5 Å². The number of hydrogen-bond donors (Lipinski definition) is 4. The van der Waals surface area contributed by atoms with Gasteiger partial charge in [0, 0.05) is 34.2 Å². The Hall–Kier alpha value is -4.68. The van der Waals surface area contributed by atoms with Crippen LogP contribution in [0, 0.1) is 5.92 Å². The summed E-state index contributed by atoms with van der Waals surface area (Å²) in [6, 6.07) is 29.4. The summed E-state index contributed by atoms with van der Waals surface area (Å²) >= 11 is 1.42. The molecule has 0 radical (unpaired) electrons. The molecular formula is C37H38N2O8S. The largest absolute Gasteiger partial charge is 0.478 e. The normalized spacial score (nSPS) is 19.6. The summed E-state index contributed by atoms with van der Waals surface area (Å²) in [5.74, 6) is -1.14. The zero-order valence-electron chi connectivity index (χ0n) is 26.6. The van der Waals surface area contributed by atoms with Crippen molar-refractivity contribution < 1.29 is 38.8 Å². The average Bonchev–Trinajstić information content (AvgIpc) is 3.11. The van der Waals surface area contributed by atoms with Crippen molar-refractivity contribution in [1.82, 2.24) is 5.32 Å². The molecule has 5 rings (SSSR count). The third-order valence-electron chi connectivity index (χ3n) is 8.16. The fraction of sp³-hybridized carbons (Fsp3) is 0.270. The van der Waals surface area contributed by atoms with Crippen LogP contribution in [0.3, 0.4) is 0 Å². The second kappa shape index (κ2) is 16.4. The third-order valence-corrected chi connectivity index (χ3v) is 9.32. The van der Waals surface area contributed by atoms with Crippen LogP contribution in [-0.4, -0.2) is 53.2 Å². The van der Waals surface area contributed by atoms with Crippen LogP contribution >= 0.6 is 11.8 Å². The molecule has 4 N–H and O–H groups in total. The Labute approximate surface area is 283 Å². The summed E-state index contributed by atoms with van der Waals surface area (Å²) in [4.78, 5) is 37.7. The third kappa shape index (κ3) is 8.81. The smallest absolute Gasteiger partial charge is 0.336 e. The van der Waals surface area contributed by atoms with E-state index < -0.39 is 30.3 Å². The highest BCUT2D eigenvalue weighted by atomic mass is 32.2. The molecule has 2 amide bonds. The molecular weight excluding hydrogens is 632 g/mol. The molecule has 1 heterocycles. The number of methoxy groups -OCH3 is 1. The van der Waals surface area contributed by atoms with Crippen molar-refractivity contribution in [2.45, 2.75) is 49.4 Å². The first kappa shape index (κ1) is 34.6. The minimum absolute atomic E-state index is 0.0654. The summed E-state index contributed by atoms with van der Waals surface area (Å²) in [6.07, 6.45) is -1.12. The fourth-order valence-corrected chi connectivity index (χ4v) is 6.70. The van der Waals surface area contributed by atoms with E-state index in [4.69, 9.17) is 14.2 Å². The highest BCUT2D eigenvalue weighted by Crippen LogP contribution is 2.43. The maximum atomic E-state index is 12.9. The summed E-state index contributed by atoms with van der Waals surface area (Å²) in [6.45, 7) is 1.98. The summed E-state index contributed by atoms with van der Waals surface area (Å²) < 4.78 is 17.9. The van der Waals surface area contributed by atoms with Crippen LogP contribution < -0.4 is 10.6 Å². The molecule has 48 heavy (non-hydrogen) atoms. The Bertz CT molecular complexity index is 1680. The molecule has 250 valence electrons. The van der Waals surface area contributed by atoms with Gasteiger partial charge in [-0.3, -0.25) is 0 Å². The Kier molecular flexibility index (Phi) is 11.9. The summed E-state index contributed by atoms with van der Waals surface area (Å²) in [5.41, 5.74) is 4.06. The maximum Gasteiger partial charge on any atom is 0.336 e. The second-order valence-electron chi connectivity index (χ2n) is 11.4.